The van der Waals surface area contributed by atoms with Crippen LogP contribution in [0.25, 0.3) is 0 Å². The highest BCUT2D eigenvalue weighted by molar-refractivity contribution is 7.89. The molecule has 1 N–H and O–H groups in total. The molecule has 1 aliphatic heterocycles. The molecule has 1 saturated heterocycles. The van der Waals surface area contributed by atoms with Crippen LogP contribution in [0.3, 0.4) is 0 Å². The van der Waals surface area contributed by atoms with Crippen molar-refractivity contribution >= 4 is 21.6 Å². The van der Waals surface area contributed by atoms with Gasteiger partial charge in [-0.15, -0.1) is 0 Å². The van der Waals surface area contributed by atoms with E-state index >= 15 is 0 Å². The van der Waals surface area contributed by atoms with E-state index < -0.39 is 35.3 Å². The van der Waals surface area contributed by atoms with E-state index in [2.05, 4.69) is 10.1 Å². The van der Waals surface area contributed by atoms with E-state index in [1.165, 1.54) is 28.6 Å². The van der Waals surface area contributed by atoms with Crippen LogP contribution in [0.1, 0.15) is 19.8 Å². The molecule has 0 saturated carbocycles. The largest absolute Gasteiger partial charge is 0.411 e. The number of halogens is 3. The first-order valence-corrected chi connectivity index (χ1v) is 9.56. The lowest BCUT2D eigenvalue weighted by molar-refractivity contribution is -0.174. The second-order valence-corrected chi connectivity index (χ2v) is 8.23. The summed E-state index contributed by atoms with van der Waals surface area (Å²) in [5.74, 6) is -0.455. The SMILES string of the molecule is CC1CCCN(S(=O)(=O)c2ccc(NC(=O)COCC(F)(F)F)cc2)C1. The third kappa shape index (κ3) is 5.96. The van der Waals surface area contributed by atoms with Gasteiger partial charge in [-0.1, -0.05) is 6.92 Å². The van der Waals surface area contributed by atoms with E-state index in [1.54, 1.807) is 0 Å². The van der Waals surface area contributed by atoms with E-state index in [9.17, 15) is 26.4 Å². The van der Waals surface area contributed by atoms with Crippen LogP contribution >= 0.6 is 0 Å². The van der Waals surface area contributed by atoms with Crippen LogP contribution < -0.4 is 5.32 Å². The monoisotopic (exact) mass is 394 g/mol. The minimum atomic E-state index is -4.50. The lowest BCUT2D eigenvalue weighted by Gasteiger charge is -2.30. The first-order chi connectivity index (χ1) is 12.1. The van der Waals surface area contributed by atoms with Crippen molar-refractivity contribution in [1.29, 1.82) is 0 Å². The predicted octanol–water partition coefficient (Wildman–Crippen LogP) is 2.62. The van der Waals surface area contributed by atoms with Gasteiger partial charge in [0, 0.05) is 18.8 Å². The lowest BCUT2D eigenvalue weighted by Crippen LogP contribution is -2.39. The maximum absolute atomic E-state index is 12.6. The summed E-state index contributed by atoms with van der Waals surface area (Å²) < 4.78 is 66.8. The zero-order valence-electron chi connectivity index (χ0n) is 14.3. The zero-order valence-corrected chi connectivity index (χ0v) is 15.1. The second kappa shape index (κ2) is 8.36. The molecule has 0 radical (unpaired) electrons. The summed E-state index contributed by atoms with van der Waals surface area (Å²) in [6.07, 6.45) is -2.69. The number of piperidine rings is 1. The molecule has 1 aromatic rings. The number of hydrogen-bond acceptors (Lipinski definition) is 4. The number of carbonyl (C=O) groups excluding carboxylic acids is 1. The van der Waals surface area contributed by atoms with Crippen molar-refractivity contribution in [2.75, 3.05) is 31.6 Å². The van der Waals surface area contributed by atoms with Crippen LogP contribution in [0, 0.1) is 5.92 Å². The summed E-state index contributed by atoms with van der Waals surface area (Å²) >= 11 is 0. The molecule has 1 heterocycles. The number of sulfonamides is 1. The fourth-order valence-electron chi connectivity index (χ4n) is 2.68. The van der Waals surface area contributed by atoms with Crippen molar-refractivity contribution in [3.05, 3.63) is 24.3 Å². The van der Waals surface area contributed by atoms with Crippen molar-refractivity contribution in [1.82, 2.24) is 4.31 Å². The Hall–Kier alpha value is -1.65. The van der Waals surface area contributed by atoms with E-state index in [1.807, 2.05) is 6.92 Å². The molecule has 0 bridgehead atoms. The molecule has 1 atom stereocenters. The number of anilines is 1. The maximum Gasteiger partial charge on any atom is 0.411 e. The number of nitrogens with zero attached hydrogens (tertiary/aromatic N) is 1. The fraction of sp³-hybridized carbons (Fsp3) is 0.562. The fourth-order valence-corrected chi connectivity index (χ4v) is 4.28. The molecule has 0 aliphatic carbocycles. The number of carbonyl (C=O) groups is 1. The Labute approximate surface area is 150 Å². The zero-order chi connectivity index (χ0) is 19.4. The third-order valence-electron chi connectivity index (χ3n) is 3.89. The molecular weight excluding hydrogens is 373 g/mol. The van der Waals surface area contributed by atoms with Gasteiger partial charge in [0.1, 0.15) is 13.2 Å². The maximum atomic E-state index is 12.6. The van der Waals surface area contributed by atoms with Gasteiger partial charge >= 0.3 is 6.18 Å². The Kier molecular flexibility index (Phi) is 6.64. The Morgan fingerprint density at radius 2 is 1.96 bits per heavy atom. The number of hydrogen-bond donors (Lipinski definition) is 1. The van der Waals surface area contributed by atoms with Crippen LogP contribution in [0.4, 0.5) is 18.9 Å². The van der Waals surface area contributed by atoms with Gasteiger partial charge in [-0.25, -0.2) is 8.42 Å². The predicted molar refractivity (Wildman–Crippen MR) is 89.1 cm³/mol. The molecule has 146 valence electrons. The smallest absolute Gasteiger partial charge is 0.362 e. The molecule has 26 heavy (non-hydrogen) atoms. The highest BCUT2D eigenvalue weighted by atomic mass is 32.2. The van der Waals surface area contributed by atoms with Gasteiger partial charge < -0.3 is 10.1 Å². The van der Waals surface area contributed by atoms with Gasteiger partial charge in [0.2, 0.25) is 15.9 Å². The summed E-state index contributed by atoms with van der Waals surface area (Å²) in [4.78, 5) is 11.6. The minimum Gasteiger partial charge on any atom is -0.362 e. The normalized spacial score (nSPS) is 19.3. The van der Waals surface area contributed by atoms with Crippen molar-refractivity contribution in [2.45, 2.75) is 30.8 Å². The van der Waals surface area contributed by atoms with Crippen LogP contribution in [-0.2, 0) is 19.6 Å². The first kappa shape index (κ1) is 20.7. The van der Waals surface area contributed by atoms with Crippen molar-refractivity contribution in [3.63, 3.8) is 0 Å². The molecule has 1 unspecified atom stereocenters. The van der Waals surface area contributed by atoms with Gasteiger partial charge in [-0.05, 0) is 43.0 Å². The Morgan fingerprint density at radius 1 is 1.31 bits per heavy atom. The average Bonchev–Trinajstić information content (AvgIpc) is 2.54. The number of nitrogens with one attached hydrogen (secondary N) is 1. The number of benzene rings is 1. The molecular formula is C16H21F3N2O4S. The highest BCUT2D eigenvalue weighted by Gasteiger charge is 2.29. The van der Waals surface area contributed by atoms with E-state index in [4.69, 9.17) is 0 Å². The summed E-state index contributed by atoms with van der Waals surface area (Å²) in [6.45, 7) is 0.692. The van der Waals surface area contributed by atoms with Gasteiger partial charge in [-0.3, -0.25) is 4.79 Å². The molecule has 6 nitrogen and oxygen atoms in total. The Bertz CT molecular complexity index is 720. The third-order valence-corrected chi connectivity index (χ3v) is 5.77. The Morgan fingerprint density at radius 3 is 2.54 bits per heavy atom. The summed E-state index contributed by atoms with van der Waals surface area (Å²) in [7, 11) is -3.60. The van der Waals surface area contributed by atoms with Gasteiger partial charge in [0.05, 0.1) is 4.90 Å². The van der Waals surface area contributed by atoms with Crippen LogP contribution in [0.5, 0.6) is 0 Å². The number of rotatable bonds is 6. The molecule has 2 rings (SSSR count). The summed E-state index contributed by atoms with van der Waals surface area (Å²) in [5.41, 5.74) is 0.275. The van der Waals surface area contributed by atoms with Crippen molar-refractivity contribution in [2.24, 2.45) is 5.92 Å². The van der Waals surface area contributed by atoms with E-state index in [-0.39, 0.29) is 10.6 Å². The van der Waals surface area contributed by atoms with Crippen molar-refractivity contribution in [3.8, 4) is 0 Å². The van der Waals surface area contributed by atoms with Crippen LogP contribution in [0.15, 0.2) is 29.2 Å². The van der Waals surface area contributed by atoms with Crippen LogP contribution in [-0.4, -0.2) is 51.1 Å². The topological polar surface area (TPSA) is 75.7 Å². The van der Waals surface area contributed by atoms with Crippen LogP contribution in [0.2, 0.25) is 0 Å². The van der Waals surface area contributed by atoms with Gasteiger partial charge in [0.15, 0.2) is 0 Å². The quantitative estimate of drug-likeness (QED) is 0.805. The summed E-state index contributed by atoms with van der Waals surface area (Å²) in [6, 6.07) is 5.51. The highest BCUT2D eigenvalue weighted by Crippen LogP contribution is 2.24. The number of alkyl halides is 3. The Balaban J connectivity index is 1.94. The number of amides is 1. The molecule has 0 spiro atoms. The average molecular weight is 394 g/mol. The molecule has 1 aromatic carbocycles. The van der Waals surface area contributed by atoms with E-state index in [0.717, 1.165) is 12.8 Å². The van der Waals surface area contributed by atoms with E-state index in [0.29, 0.717) is 19.0 Å². The second-order valence-electron chi connectivity index (χ2n) is 6.29. The summed E-state index contributed by atoms with van der Waals surface area (Å²) in [5, 5.41) is 2.35. The molecule has 10 heteroatoms. The standard InChI is InChI=1S/C16H21F3N2O4S/c1-12-3-2-8-21(9-12)26(23,24)14-6-4-13(5-7-14)20-15(22)10-25-11-16(17,18)19/h4-7,12H,2-3,8-11H2,1H3,(H,20,22). The molecule has 1 aliphatic rings. The molecule has 1 fully saturated rings. The molecule has 1 amide bonds. The van der Waals surface area contributed by atoms with Crippen molar-refractivity contribution < 1.29 is 31.1 Å². The van der Waals surface area contributed by atoms with Gasteiger partial charge in [-0.2, -0.15) is 17.5 Å². The number of ether oxygens (including phenoxy) is 1. The molecule has 0 aromatic heterocycles. The minimum absolute atomic E-state index is 0.109. The lowest BCUT2D eigenvalue weighted by atomic mass is 10.0. The van der Waals surface area contributed by atoms with Gasteiger partial charge in [0.25, 0.3) is 0 Å². The first-order valence-electron chi connectivity index (χ1n) is 8.12.